The third-order valence-electron chi connectivity index (χ3n) is 3.65. The third-order valence-corrected chi connectivity index (χ3v) is 3.65. The Morgan fingerprint density at radius 3 is 2.44 bits per heavy atom. The zero-order valence-electron chi connectivity index (χ0n) is 11.7. The van der Waals surface area contributed by atoms with Crippen molar-refractivity contribution in [3.8, 4) is 0 Å². The average Bonchev–Trinajstić information content (AvgIpc) is 2.59. The fraction of sp³-hybridized carbons (Fsp3) is 0.400. The molecule has 2 aromatic rings. The number of Topliss-reactive ketones (excluding diaryl/α,β-unsaturated/α-hetero) is 1. The van der Waals surface area contributed by atoms with E-state index in [4.69, 9.17) is 0 Å². The van der Waals surface area contributed by atoms with E-state index in [0.717, 1.165) is 16.6 Å². The highest BCUT2D eigenvalue weighted by Gasteiger charge is 2.20. The Balaban J connectivity index is 2.85. The molecule has 1 heterocycles. The molecule has 1 N–H and O–H groups in total. The third kappa shape index (κ3) is 1.75. The molecule has 0 amide bonds. The standard InChI is InChI=1S/C15H20N2O/c1-9-6-7-10(2)15-13(9)14(11(3)17(15)5)12(18)8-16-4/h6-7,16H,8H2,1-5H3. The normalized spacial score (nSPS) is 11.2. The average molecular weight is 244 g/mol. The second-order valence-electron chi connectivity index (χ2n) is 4.90. The first-order chi connectivity index (χ1) is 8.49. The molecule has 0 aliphatic carbocycles. The highest BCUT2D eigenvalue weighted by Crippen LogP contribution is 2.30. The lowest BCUT2D eigenvalue weighted by Crippen LogP contribution is -2.19. The van der Waals surface area contributed by atoms with Crippen LogP contribution in [0.5, 0.6) is 0 Å². The van der Waals surface area contributed by atoms with Gasteiger partial charge >= 0.3 is 0 Å². The number of rotatable bonds is 3. The molecule has 18 heavy (non-hydrogen) atoms. The van der Waals surface area contributed by atoms with Crippen LogP contribution in [0.4, 0.5) is 0 Å². The minimum atomic E-state index is 0.161. The first-order valence-electron chi connectivity index (χ1n) is 6.22. The molecular formula is C15H20N2O. The lowest BCUT2D eigenvalue weighted by Gasteiger charge is -2.04. The Morgan fingerprint density at radius 2 is 1.83 bits per heavy atom. The van der Waals surface area contributed by atoms with Crippen molar-refractivity contribution in [3.63, 3.8) is 0 Å². The van der Waals surface area contributed by atoms with Gasteiger partial charge in [0.2, 0.25) is 0 Å². The fourth-order valence-electron chi connectivity index (χ4n) is 2.65. The van der Waals surface area contributed by atoms with E-state index in [1.165, 1.54) is 16.6 Å². The molecular weight excluding hydrogens is 224 g/mol. The molecule has 0 unspecified atom stereocenters. The first-order valence-corrected chi connectivity index (χ1v) is 6.22. The highest BCUT2D eigenvalue weighted by molar-refractivity contribution is 6.12. The van der Waals surface area contributed by atoms with Gasteiger partial charge in [0.1, 0.15) is 0 Å². The second-order valence-corrected chi connectivity index (χ2v) is 4.90. The quantitative estimate of drug-likeness (QED) is 0.842. The van der Waals surface area contributed by atoms with Gasteiger partial charge in [0.25, 0.3) is 0 Å². The summed E-state index contributed by atoms with van der Waals surface area (Å²) in [7, 11) is 3.83. The van der Waals surface area contributed by atoms with E-state index in [1.807, 2.05) is 14.0 Å². The largest absolute Gasteiger partial charge is 0.347 e. The second kappa shape index (κ2) is 4.58. The SMILES string of the molecule is CNCC(=O)c1c(C)n(C)c2c(C)ccc(C)c12. The molecule has 0 saturated carbocycles. The molecule has 1 aromatic carbocycles. The number of nitrogens with zero attached hydrogens (tertiary/aromatic N) is 1. The van der Waals surface area contributed by atoms with Gasteiger partial charge in [-0.25, -0.2) is 0 Å². The van der Waals surface area contributed by atoms with Crippen LogP contribution in [0.2, 0.25) is 0 Å². The minimum Gasteiger partial charge on any atom is -0.347 e. The van der Waals surface area contributed by atoms with Gasteiger partial charge in [-0.3, -0.25) is 4.79 Å². The molecule has 0 aliphatic rings. The van der Waals surface area contributed by atoms with Crippen LogP contribution in [0.1, 0.15) is 27.2 Å². The first kappa shape index (κ1) is 12.8. The number of carbonyl (C=O) groups excluding carboxylic acids is 1. The van der Waals surface area contributed by atoms with Gasteiger partial charge in [0.05, 0.1) is 12.1 Å². The summed E-state index contributed by atoms with van der Waals surface area (Å²) in [6.45, 7) is 6.56. The number of ketones is 1. The summed E-state index contributed by atoms with van der Waals surface area (Å²) < 4.78 is 2.13. The predicted octanol–water partition coefficient (Wildman–Crippen LogP) is 2.51. The van der Waals surface area contributed by atoms with Gasteiger partial charge < -0.3 is 9.88 Å². The fourth-order valence-corrected chi connectivity index (χ4v) is 2.65. The molecule has 0 bridgehead atoms. The van der Waals surface area contributed by atoms with Crippen LogP contribution < -0.4 is 5.32 Å². The molecule has 3 nitrogen and oxygen atoms in total. The van der Waals surface area contributed by atoms with E-state index in [0.29, 0.717) is 6.54 Å². The van der Waals surface area contributed by atoms with E-state index in [2.05, 4.69) is 35.9 Å². The summed E-state index contributed by atoms with van der Waals surface area (Å²) >= 11 is 0. The molecule has 0 radical (unpaired) electrons. The highest BCUT2D eigenvalue weighted by atomic mass is 16.1. The van der Waals surface area contributed by atoms with E-state index >= 15 is 0 Å². The van der Waals surface area contributed by atoms with Crippen LogP contribution in [0, 0.1) is 20.8 Å². The lowest BCUT2D eigenvalue weighted by atomic mass is 10.0. The lowest BCUT2D eigenvalue weighted by molar-refractivity contribution is 0.0994. The molecule has 0 fully saturated rings. The van der Waals surface area contributed by atoms with E-state index < -0.39 is 0 Å². The van der Waals surface area contributed by atoms with Crippen molar-refractivity contribution in [2.24, 2.45) is 7.05 Å². The maximum Gasteiger partial charge on any atom is 0.179 e. The Bertz CT molecular complexity index is 623. The van der Waals surface area contributed by atoms with Gasteiger partial charge in [0.15, 0.2) is 5.78 Å². The minimum absolute atomic E-state index is 0.161. The van der Waals surface area contributed by atoms with E-state index in [-0.39, 0.29) is 5.78 Å². The Hall–Kier alpha value is -1.61. The Labute approximate surface area is 108 Å². The number of aromatic nitrogens is 1. The van der Waals surface area contributed by atoms with Crippen molar-refractivity contribution in [1.82, 2.24) is 9.88 Å². The van der Waals surface area contributed by atoms with Gasteiger partial charge in [-0.05, 0) is 38.9 Å². The smallest absolute Gasteiger partial charge is 0.179 e. The summed E-state index contributed by atoms with van der Waals surface area (Å²) in [4.78, 5) is 12.3. The summed E-state index contributed by atoms with van der Waals surface area (Å²) in [5.74, 6) is 0.161. The van der Waals surface area contributed by atoms with Gasteiger partial charge in [-0.1, -0.05) is 12.1 Å². The molecule has 3 heteroatoms. The van der Waals surface area contributed by atoms with Crippen molar-refractivity contribution >= 4 is 16.7 Å². The molecule has 0 saturated heterocycles. The summed E-state index contributed by atoms with van der Waals surface area (Å²) in [5.41, 5.74) is 5.46. The zero-order valence-corrected chi connectivity index (χ0v) is 11.7. The topological polar surface area (TPSA) is 34.0 Å². The van der Waals surface area contributed by atoms with Crippen LogP contribution in [-0.4, -0.2) is 23.9 Å². The number of carbonyl (C=O) groups is 1. The molecule has 0 aliphatic heterocycles. The van der Waals surface area contributed by atoms with Gasteiger partial charge in [-0.2, -0.15) is 0 Å². The van der Waals surface area contributed by atoms with Crippen molar-refractivity contribution in [2.45, 2.75) is 20.8 Å². The van der Waals surface area contributed by atoms with Crippen molar-refractivity contribution in [2.75, 3.05) is 13.6 Å². The summed E-state index contributed by atoms with van der Waals surface area (Å²) in [5, 5.41) is 4.05. The maximum atomic E-state index is 12.3. The number of hydrogen-bond acceptors (Lipinski definition) is 2. The number of aryl methyl sites for hydroxylation is 3. The van der Waals surface area contributed by atoms with Crippen molar-refractivity contribution < 1.29 is 4.79 Å². The Kier molecular flexibility index (Phi) is 3.26. The van der Waals surface area contributed by atoms with Crippen LogP contribution in [0.15, 0.2) is 12.1 Å². The van der Waals surface area contributed by atoms with Crippen LogP contribution in [0.25, 0.3) is 10.9 Å². The monoisotopic (exact) mass is 244 g/mol. The zero-order chi connectivity index (χ0) is 13.4. The number of hydrogen-bond donors (Lipinski definition) is 1. The summed E-state index contributed by atoms with van der Waals surface area (Å²) in [6.07, 6.45) is 0. The van der Waals surface area contributed by atoms with E-state index in [9.17, 15) is 4.79 Å². The maximum absolute atomic E-state index is 12.3. The van der Waals surface area contributed by atoms with Crippen LogP contribution >= 0.6 is 0 Å². The molecule has 96 valence electrons. The Morgan fingerprint density at radius 1 is 1.22 bits per heavy atom. The molecule has 0 atom stereocenters. The number of benzene rings is 1. The predicted molar refractivity (Wildman–Crippen MR) is 75.4 cm³/mol. The number of fused-ring (bicyclic) bond motifs is 1. The van der Waals surface area contributed by atoms with Crippen LogP contribution in [-0.2, 0) is 7.05 Å². The molecule has 0 spiro atoms. The van der Waals surface area contributed by atoms with Gasteiger partial charge in [0, 0.05) is 23.7 Å². The van der Waals surface area contributed by atoms with Crippen molar-refractivity contribution in [1.29, 1.82) is 0 Å². The number of nitrogens with one attached hydrogen (secondary N) is 1. The van der Waals surface area contributed by atoms with Gasteiger partial charge in [-0.15, -0.1) is 0 Å². The molecule has 2 rings (SSSR count). The number of likely N-dealkylation sites (N-methyl/N-ethyl adjacent to an activating group) is 1. The van der Waals surface area contributed by atoms with Crippen molar-refractivity contribution in [3.05, 3.63) is 34.5 Å². The summed E-state index contributed by atoms with van der Waals surface area (Å²) in [6, 6.07) is 4.21. The van der Waals surface area contributed by atoms with E-state index in [1.54, 1.807) is 7.05 Å². The van der Waals surface area contributed by atoms with Crippen LogP contribution in [0.3, 0.4) is 0 Å². The molecule has 1 aromatic heterocycles.